The third kappa shape index (κ3) is 4.04. The molecule has 1 heterocycles. The van der Waals surface area contributed by atoms with Gasteiger partial charge in [0.15, 0.2) is 5.82 Å². The SMILES string of the molecule is O=C([O-])c1ccc(/C=N\n2c(Cc3ccc(F)cc3)n[nH]c2=S)cc1. The lowest BCUT2D eigenvalue weighted by molar-refractivity contribution is -0.255. The summed E-state index contributed by atoms with van der Waals surface area (Å²) >= 11 is 5.17. The van der Waals surface area contributed by atoms with Crippen molar-refractivity contribution in [1.29, 1.82) is 0 Å². The smallest absolute Gasteiger partial charge is 0.216 e. The van der Waals surface area contributed by atoms with Crippen LogP contribution in [0.15, 0.2) is 53.6 Å². The minimum atomic E-state index is -1.23. The molecule has 0 radical (unpaired) electrons. The van der Waals surface area contributed by atoms with Crippen LogP contribution in [0.3, 0.4) is 0 Å². The fourth-order valence-electron chi connectivity index (χ4n) is 2.17. The number of aromatic amines is 1. The molecule has 1 N–H and O–H groups in total. The van der Waals surface area contributed by atoms with Crippen LogP contribution in [0.1, 0.15) is 27.3 Å². The van der Waals surface area contributed by atoms with Gasteiger partial charge in [0, 0.05) is 6.42 Å². The lowest BCUT2D eigenvalue weighted by Crippen LogP contribution is -2.21. The van der Waals surface area contributed by atoms with E-state index in [2.05, 4.69) is 15.3 Å². The van der Waals surface area contributed by atoms with Crippen LogP contribution < -0.4 is 5.11 Å². The average molecular weight is 355 g/mol. The quantitative estimate of drug-likeness (QED) is 0.560. The van der Waals surface area contributed by atoms with Crippen LogP contribution in [-0.2, 0) is 6.42 Å². The lowest BCUT2D eigenvalue weighted by Gasteiger charge is -2.03. The highest BCUT2D eigenvalue weighted by Crippen LogP contribution is 2.10. The van der Waals surface area contributed by atoms with Crippen LogP contribution >= 0.6 is 12.2 Å². The number of benzene rings is 2. The summed E-state index contributed by atoms with van der Waals surface area (Å²) in [5.74, 6) is -0.970. The van der Waals surface area contributed by atoms with Crippen LogP contribution in [0.25, 0.3) is 0 Å². The normalized spacial score (nSPS) is 11.1. The Bertz CT molecular complexity index is 975. The summed E-state index contributed by atoms with van der Waals surface area (Å²) in [5.41, 5.74) is 1.65. The van der Waals surface area contributed by atoms with Gasteiger partial charge < -0.3 is 9.90 Å². The maximum absolute atomic E-state index is 13.0. The molecule has 8 heteroatoms. The van der Waals surface area contributed by atoms with Crippen molar-refractivity contribution < 1.29 is 14.3 Å². The van der Waals surface area contributed by atoms with E-state index < -0.39 is 5.97 Å². The molecule has 0 aliphatic rings. The number of aromatic nitrogens is 3. The first-order chi connectivity index (χ1) is 12.0. The van der Waals surface area contributed by atoms with Crippen molar-refractivity contribution >= 4 is 24.4 Å². The Labute approximate surface area is 147 Å². The molecule has 0 amide bonds. The molecule has 3 aromatic rings. The largest absolute Gasteiger partial charge is 0.545 e. The summed E-state index contributed by atoms with van der Waals surface area (Å²) < 4.78 is 14.8. The number of nitrogens with zero attached hydrogens (tertiary/aromatic N) is 3. The van der Waals surface area contributed by atoms with Crippen LogP contribution in [0.5, 0.6) is 0 Å². The summed E-state index contributed by atoms with van der Waals surface area (Å²) in [6, 6.07) is 12.2. The number of carboxylic acid groups (broad SMARTS) is 1. The van der Waals surface area contributed by atoms with E-state index in [1.54, 1.807) is 30.5 Å². The molecule has 25 heavy (non-hydrogen) atoms. The molecule has 6 nitrogen and oxygen atoms in total. The van der Waals surface area contributed by atoms with Gasteiger partial charge in [0.1, 0.15) is 5.82 Å². The van der Waals surface area contributed by atoms with Crippen molar-refractivity contribution in [3.8, 4) is 0 Å². The van der Waals surface area contributed by atoms with Crippen molar-refractivity contribution in [2.45, 2.75) is 6.42 Å². The van der Waals surface area contributed by atoms with Gasteiger partial charge >= 0.3 is 0 Å². The first kappa shape index (κ1) is 16.7. The Balaban J connectivity index is 1.82. The van der Waals surface area contributed by atoms with E-state index in [0.717, 1.165) is 5.56 Å². The second-order valence-electron chi connectivity index (χ2n) is 5.21. The predicted octanol–water partition coefficient (Wildman–Crippen LogP) is 1.92. The van der Waals surface area contributed by atoms with Crippen LogP contribution in [0, 0.1) is 10.6 Å². The molecule has 3 rings (SSSR count). The summed E-state index contributed by atoms with van der Waals surface area (Å²) in [4.78, 5) is 10.7. The number of carbonyl (C=O) groups excluding carboxylic acids is 1. The Morgan fingerprint density at radius 1 is 1.24 bits per heavy atom. The number of carboxylic acids is 1. The maximum Gasteiger partial charge on any atom is 0.216 e. The number of halogens is 1. The molecule has 0 spiro atoms. The molecule has 0 aliphatic heterocycles. The van der Waals surface area contributed by atoms with Crippen molar-refractivity contribution in [1.82, 2.24) is 14.9 Å². The second-order valence-corrected chi connectivity index (χ2v) is 5.60. The third-order valence-corrected chi connectivity index (χ3v) is 3.73. The van der Waals surface area contributed by atoms with Gasteiger partial charge in [-0.2, -0.15) is 14.9 Å². The number of aromatic carboxylic acids is 1. The van der Waals surface area contributed by atoms with Gasteiger partial charge in [-0.1, -0.05) is 36.4 Å². The number of H-pyrrole nitrogens is 1. The van der Waals surface area contributed by atoms with Gasteiger partial charge in [0.25, 0.3) is 0 Å². The zero-order chi connectivity index (χ0) is 17.8. The molecule has 0 saturated heterocycles. The van der Waals surface area contributed by atoms with E-state index in [1.807, 2.05) is 0 Å². The number of rotatable bonds is 5. The first-order valence-corrected chi connectivity index (χ1v) is 7.70. The highest BCUT2D eigenvalue weighted by molar-refractivity contribution is 7.71. The molecule has 0 fully saturated rings. The number of nitrogens with one attached hydrogen (secondary N) is 1. The number of hydrogen-bond acceptors (Lipinski definition) is 5. The van der Waals surface area contributed by atoms with Crippen molar-refractivity contribution in [3.63, 3.8) is 0 Å². The molecule has 0 aliphatic carbocycles. The molecular weight excluding hydrogens is 343 g/mol. The second kappa shape index (κ2) is 7.18. The molecule has 0 atom stereocenters. The molecule has 0 saturated carbocycles. The first-order valence-electron chi connectivity index (χ1n) is 7.29. The van der Waals surface area contributed by atoms with Crippen LogP contribution in [0.2, 0.25) is 0 Å². The van der Waals surface area contributed by atoms with Crippen molar-refractivity contribution in [3.05, 3.63) is 81.6 Å². The summed E-state index contributed by atoms with van der Waals surface area (Å²) in [5, 5.41) is 21.8. The zero-order valence-electron chi connectivity index (χ0n) is 12.8. The topological polar surface area (TPSA) is 86.1 Å². The Hall–Kier alpha value is -3.13. The van der Waals surface area contributed by atoms with E-state index in [0.29, 0.717) is 22.6 Å². The zero-order valence-corrected chi connectivity index (χ0v) is 13.7. The molecule has 1 aromatic heterocycles. The van der Waals surface area contributed by atoms with Crippen LogP contribution in [-0.4, -0.2) is 27.1 Å². The summed E-state index contributed by atoms with van der Waals surface area (Å²) in [7, 11) is 0. The highest BCUT2D eigenvalue weighted by atomic mass is 32.1. The molecular formula is C17H12FN4O2S-. The van der Waals surface area contributed by atoms with Gasteiger partial charge in [-0.25, -0.2) is 4.39 Å². The van der Waals surface area contributed by atoms with E-state index in [4.69, 9.17) is 12.2 Å². The van der Waals surface area contributed by atoms with Crippen LogP contribution in [0.4, 0.5) is 4.39 Å². The maximum atomic E-state index is 13.0. The Kier molecular flexibility index (Phi) is 4.80. The molecule has 0 unspecified atom stereocenters. The van der Waals surface area contributed by atoms with Gasteiger partial charge in [0.2, 0.25) is 4.77 Å². The van der Waals surface area contributed by atoms with E-state index in [-0.39, 0.29) is 11.4 Å². The van der Waals surface area contributed by atoms with E-state index in [9.17, 15) is 14.3 Å². The fourth-order valence-corrected chi connectivity index (χ4v) is 2.37. The van der Waals surface area contributed by atoms with E-state index in [1.165, 1.54) is 28.9 Å². The molecule has 2 aromatic carbocycles. The summed E-state index contributed by atoms with van der Waals surface area (Å²) in [6.07, 6.45) is 1.97. The van der Waals surface area contributed by atoms with E-state index >= 15 is 0 Å². The van der Waals surface area contributed by atoms with Crippen molar-refractivity contribution in [2.24, 2.45) is 5.10 Å². The minimum Gasteiger partial charge on any atom is -0.545 e. The van der Waals surface area contributed by atoms with Gasteiger partial charge in [0.05, 0.1) is 12.2 Å². The van der Waals surface area contributed by atoms with Gasteiger partial charge in [-0.3, -0.25) is 5.10 Å². The van der Waals surface area contributed by atoms with Crippen molar-refractivity contribution in [2.75, 3.05) is 0 Å². The molecule has 126 valence electrons. The molecule has 0 bridgehead atoms. The monoisotopic (exact) mass is 355 g/mol. The minimum absolute atomic E-state index is 0.0917. The number of carbonyl (C=O) groups is 1. The standard InChI is InChI=1S/C17H13FN4O2S/c18-14-7-3-11(4-8-14)9-15-20-21-17(25)22(15)19-10-12-1-5-13(6-2-12)16(23)24/h1-8,10H,9H2,(H,21,25)(H,23,24)/p-1/b19-10-. The summed E-state index contributed by atoms with van der Waals surface area (Å²) in [6.45, 7) is 0. The third-order valence-electron chi connectivity index (χ3n) is 3.46. The van der Waals surface area contributed by atoms with Gasteiger partial charge in [-0.15, -0.1) is 0 Å². The lowest BCUT2D eigenvalue weighted by atomic mass is 10.1. The Morgan fingerprint density at radius 2 is 1.92 bits per heavy atom. The fraction of sp³-hybridized carbons (Fsp3) is 0.0588. The van der Waals surface area contributed by atoms with Gasteiger partial charge in [-0.05, 0) is 41.0 Å². The average Bonchev–Trinajstić information content (AvgIpc) is 2.95. The number of hydrogen-bond donors (Lipinski definition) is 1. The predicted molar refractivity (Wildman–Crippen MR) is 90.4 cm³/mol. The highest BCUT2D eigenvalue weighted by Gasteiger charge is 2.06. The Morgan fingerprint density at radius 3 is 2.56 bits per heavy atom.